The second kappa shape index (κ2) is 4.74. The van der Waals surface area contributed by atoms with Crippen molar-refractivity contribution < 1.29 is 15.0 Å². The Morgan fingerprint density at radius 3 is 2.48 bits per heavy atom. The molecule has 8 atom stereocenters. The molecular formula is C20H32O3. The Hall–Kier alpha value is -0.570. The molecule has 4 aliphatic rings. The second-order valence-corrected chi connectivity index (χ2v) is 9.83. The Balaban J connectivity index is 1.76. The Morgan fingerprint density at radius 2 is 1.78 bits per heavy atom. The molecule has 4 aliphatic carbocycles. The Kier molecular flexibility index (Phi) is 3.28. The Morgan fingerprint density at radius 1 is 1.04 bits per heavy atom. The summed E-state index contributed by atoms with van der Waals surface area (Å²) in [6, 6.07) is 0. The van der Waals surface area contributed by atoms with E-state index in [1.807, 2.05) is 6.92 Å². The molecule has 2 N–H and O–H groups in total. The highest BCUT2D eigenvalue weighted by Crippen LogP contribution is 2.72. The second-order valence-electron chi connectivity index (χ2n) is 9.83. The van der Waals surface area contributed by atoms with Crippen LogP contribution >= 0.6 is 0 Å². The van der Waals surface area contributed by atoms with Crippen LogP contribution < -0.4 is 0 Å². The van der Waals surface area contributed by atoms with Gasteiger partial charge in [-0.05, 0) is 81.0 Å². The van der Waals surface area contributed by atoms with Crippen LogP contribution in [0.2, 0.25) is 0 Å². The number of aliphatic hydroxyl groups excluding tert-OH is 1. The smallest absolute Gasteiger partial charge is 0.309 e. The molecule has 0 heterocycles. The van der Waals surface area contributed by atoms with Crippen LogP contribution in [-0.2, 0) is 4.79 Å². The van der Waals surface area contributed by atoms with Crippen LogP contribution in [0.15, 0.2) is 0 Å². The normalized spacial score (nSPS) is 58.3. The van der Waals surface area contributed by atoms with E-state index in [0.29, 0.717) is 17.8 Å². The third-order valence-corrected chi connectivity index (χ3v) is 9.07. The van der Waals surface area contributed by atoms with Crippen molar-refractivity contribution >= 4 is 5.97 Å². The number of fused-ring (bicyclic) bond motifs is 3. The van der Waals surface area contributed by atoms with Gasteiger partial charge in [-0.2, -0.15) is 0 Å². The minimum absolute atomic E-state index is 0.0876. The molecule has 0 aromatic carbocycles. The molecule has 0 aromatic rings. The zero-order chi connectivity index (χ0) is 16.6. The lowest BCUT2D eigenvalue weighted by molar-refractivity contribution is -0.197. The molecule has 0 radical (unpaired) electrons. The summed E-state index contributed by atoms with van der Waals surface area (Å²) >= 11 is 0. The summed E-state index contributed by atoms with van der Waals surface area (Å²) in [7, 11) is 0. The summed E-state index contributed by atoms with van der Waals surface area (Å²) in [4.78, 5) is 12.1. The molecule has 4 rings (SSSR count). The van der Waals surface area contributed by atoms with Gasteiger partial charge >= 0.3 is 5.97 Å². The van der Waals surface area contributed by atoms with Crippen molar-refractivity contribution in [2.45, 2.75) is 78.2 Å². The third kappa shape index (κ3) is 1.78. The maximum atomic E-state index is 12.1. The lowest BCUT2D eigenvalue weighted by Crippen LogP contribution is -2.61. The number of carbonyl (C=O) groups is 1. The summed E-state index contributed by atoms with van der Waals surface area (Å²) in [5.41, 5.74) is -0.384. The first kappa shape index (κ1) is 15.9. The number of carboxylic acid groups (broad SMARTS) is 1. The zero-order valence-electron chi connectivity index (χ0n) is 14.8. The van der Waals surface area contributed by atoms with Crippen LogP contribution in [-0.4, -0.2) is 22.3 Å². The van der Waals surface area contributed by atoms with Gasteiger partial charge in [0.1, 0.15) is 0 Å². The summed E-state index contributed by atoms with van der Waals surface area (Å²) in [5.74, 6) is 1.31. The molecule has 23 heavy (non-hydrogen) atoms. The molecular weight excluding hydrogens is 288 g/mol. The van der Waals surface area contributed by atoms with Crippen LogP contribution in [0, 0.1) is 39.9 Å². The van der Waals surface area contributed by atoms with Gasteiger partial charge in [-0.1, -0.05) is 20.3 Å². The first-order valence-corrected chi connectivity index (χ1v) is 9.67. The van der Waals surface area contributed by atoms with E-state index in [1.165, 1.54) is 6.42 Å². The highest BCUT2D eigenvalue weighted by atomic mass is 16.4. The van der Waals surface area contributed by atoms with Crippen LogP contribution in [0.1, 0.15) is 72.1 Å². The quantitative estimate of drug-likeness (QED) is 0.765. The first-order chi connectivity index (χ1) is 10.8. The molecule has 0 aromatic heterocycles. The summed E-state index contributed by atoms with van der Waals surface area (Å²) in [6.45, 7) is 6.69. The van der Waals surface area contributed by atoms with Gasteiger partial charge in [0.05, 0.1) is 11.5 Å². The van der Waals surface area contributed by atoms with Crippen LogP contribution in [0.25, 0.3) is 0 Å². The molecule has 0 amide bonds. The predicted octanol–water partition coefficient (Wildman–Crippen LogP) is 4.09. The number of carboxylic acids is 1. The van der Waals surface area contributed by atoms with E-state index in [4.69, 9.17) is 0 Å². The van der Waals surface area contributed by atoms with E-state index in [-0.39, 0.29) is 22.9 Å². The zero-order valence-corrected chi connectivity index (χ0v) is 14.8. The van der Waals surface area contributed by atoms with Crippen molar-refractivity contribution in [2.24, 2.45) is 39.9 Å². The van der Waals surface area contributed by atoms with E-state index in [0.717, 1.165) is 44.9 Å². The SMILES string of the molecule is C[C@H]1C[C@@]23CC[C@H]4[C@@](C)(CCC[C@@]4(C)C(=O)O)[C@@H]2CC[C@@H]1[C@@H]3O. The van der Waals surface area contributed by atoms with Gasteiger partial charge in [0.15, 0.2) is 0 Å². The fourth-order valence-corrected chi connectivity index (χ4v) is 8.10. The molecule has 3 nitrogen and oxygen atoms in total. The predicted molar refractivity (Wildman–Crippen MR) is 88.9 cm³/mol. The van der Waals surface area contributed by atoms with Crippen molar-refractivity contribution in [3.8, 4) is 0 Å². The number of hydrogen-bond donors (Lipinski definition) is 2. The van der Waals surface area contributed by atoms with Gasteiger partial charge < -0.3 is 10.2 Å². The van der Waals surface area contributed by atoms with Crippen LogP contribution in [0.3, 0.4) is 0 Å². The molecule has 1 spiro atoms. The fourth-order valence-electron chi connectivity index (χ4n) is 8.10. The first-order valence-electron chi connectivity index (χ1n) is 9.67. The number of aliphatic hydroxyl groups is 1. The standard InChI is InChI=1S/C20H32O3/c1-12-11-20-10-7-14-18(2,8-4-9-19(14,3)17(22)23)15(20)6-5-13(12)16(20)21/h12-16,21H,4-11H2,1-3H3,(H,22,23)/t12-,13-,14-,15-,16-,18+,19+,20-/m0/s1. The monoisotopic (exact) mass is 320 g/mol. The third-order valence-electron chi connectivity index (χ3n) is 9.07. The molecule has 130 valence electrons. The number of rotatable bonds is 1. The van der Waals surface area contributed by atoms with Crippen molar-refractivity contribution in [1.82, 2.24) is 0 Å². The van der Waals surface area contributed by atoms with Crippen molar-refractivity contribution in [3.05, 3.63) is 0 Å². The summed E-state index contributed by atoms with van der Waals surface area (Å²) in [6.07, 6.45) is 8.40. The summed E-state index contributed by atoms with van der Waals surface area (Å²) < 4.78 is 0. The van der Waals surface area contributed by atoms with Gasteiger partial charge in [-0.25, -0.2) is 0 Å². The average molecular weight is 320 g/mol. The molecule has 0 unspecified atom stereocenters. The van der Waals surface area contributed by atoms with Crippen molar-refractivity contribution in [3.63, 3.8) is 0 Å². The number of hydrogen-bond acceptors (Lipinski definition) is 2. The van der Waals surface area contributed by atoms with E-state index < -0.39 is 11.4 Å². The van der Waals surface area contributed by atoms with Gasteiger partial charge in [-0.3, -0.25) is 4.79 Å². The fraction of sp³-hybridized carbons (Fsp3) is 0.950. The van der Waals surface area contributed by atoms with Gasteiger partial charge in [0.2, 0.25) is 0 Å². The van der Waals surface area contributed by atoms with Crippen LogP contribution in [0.5, 0.6) is 0 Å². The lowest BCUT2D eigenvalue weighted by Gasteiger charge is -2.64. The molecule has 4 saturated carbocycles. The summed E-state index contributed by atoms with van der Waals surface area (Å²) in [5, 5.41) is 21.0. The highest BCUT2D eigenvalue weighted by molar-refractivity contribution is 5.75. The molecule has 2 bridgehead atoms. The van der Waals surface area contributed by atoms with E-state index in [1.54, 1.807) is 0 Å². The topological polar surface area (TPSA) is 57.5 Å². The molecule has 0 aliphatic heterocycles. The molecule has 4 fully saturated rings. The average Bonchev–Trinajstić information content (AvgIpc) is 2.63. The van der Waals surface area contributed by atoms with E-state index in [9.17, 15) is 15.0 Å². The van der Waals surface area contributed by atoms with E-state index in [2.05, 4.69) is 13.8 Å². The van der Waals surface area contributed by atoms with Gasteiger partial charge in [0.25, 0.3) is 0 Å². The Bertz CT molecular complexity index is 531. The lowest BCUT2D eigenvalue weighted by atomic mass is 9.40. The van der Waals surface area contributed by atoms with Crippen molar-refractivity contribution in [1.29, 1.82) is 0 Å². The highest BCUT2D eigenvalue weighted by Gasteiger charge is 2.68. The molecule has 3 heteroatoms. The minimum atomic E-state index is -0.599. The van der Waals surface area contributed by atoms with E-state index >= 15 is 0 Å². The van der Waals surface area contributed by atoms with Gasteiger partial charge in [-0.15, -0.1) is 0 Å². The van der Waals surface area contributed by atoms with Crippen molar-refractivity contribution in [2.75, 3.05) is 0 Å². The number of aliphatic carboxylic acids is 1. The largest absolute Gasteiger partial charge is 0.481 e. The maximum Gasteiger partial charge on any atom is 0.309 e. The minimum Gasteiger partial charge on any atom is -0.481 e. The molecule has 0 saturated heterocycles. The Labute approximate surface area is 139 Å². The maximum absolute atomic E-state index is 12.1. The van der Waals surface area contributed by atoms with Crippen LogP contribution in [0.4, 0.5) is 0 Å². The van der Waals surface area contributed by atoms with Gasteiger partial charge in [0, 0.05) is 5.41 Å².